The number of rotatable bonds is 1. The monoisotopic (exact) mass is 435 g/mol. The van der Waals surface area contributed by atoms with Crippen molar-refractivity contribution in [3.05, 3.63) is 58.1 Å². The predicted molar refractivity (Wildman–Crippen MR) is 117 cm³/mol. The number of carbonyl (C=O) groups excluding carboxylic acids is 3. The molecule has 31 heavy (non-hydrogen) atoms. The predicted octanol–water partition coefficient (Wildman–Crippen LogP) is 3.39. The lowest BCUT2D eigenvalue weighted by atomic mass is 9.75. The van der Waals surface area contributed by atoms with E-state index in [1.807, 2.05) is 32.0 Å². The Morgan fingerprint density at radius 3 is 2.71 bits per heavy atom. The van der Waals surface area contributed by atoms with E-state index in [1.54, 1.807) is 18.2 Å². The van der Waals surface area contributed by atoms with Gasteiger partial charge in [-0.1, -0.05) is 35.4 Å². The molecular weight excluding hydrogens is 414 g/mol. The highest BCUT2D eigenvalue weighted by atomic mass is 35.5. The van der Waals surface area contributed by atoms with Crippen LogP contribution in [0.25, 0.3) is 0 Å². The number of nitrogens with one attached hydrogen (secondary N) is 1. The first-order valence-corrected chi connectivity index (χ1v) is 11.1. The molecule has 0 radical (unpaired) electrons. The van der Waals surface area contributed by atoms with Crippen molar-refractivity contribution in [3.63, 3.8) is 0 Å². The summed E-state index contributed by atoms with van der Waals surface area (Å²) in [7, 11) is 0. The average molecular weight is 436 g/mol. The summed E-state index contributed by atoms with van der Waals surface area (Å²) in [6, 6.07) is 11.0. The van der Waals surface area contributed by atoms with Crippen LogP contribution in [0.3, 0.4) is 0 Å². The smallest absolute Gasteiger partial charge is 0.250 e. The number of halogens is 1. The Hall–Kier alpha value is -2.70. The van der Waals surface area contributed by atoms with Crippen LogP contribution in [0.5, 0.6) is 0 Å². The molecule has 1 spiro atoms. The van der Waals surface area contributed by atoms with Gasteiger partial charge in [0.25, 0.3) is 0 Å². The molecule has 1 N–H and O–H groups in total. The minimum atomic E-state index is -1.14. The molecule has 4 aliphatic rings. The molecule has 3 saturated heterocycles. The molecule has 2 aromatic carbocycles. The number of fused-ring (bicyclic) bond motifs is 7. The topological polar surface area (TPSA) is 69.7 Å². The second kappa shape index (κ2) is 6.17. The number of carbonyl (C=O) groups is 3. The van der Waals surface area contributed by atoms with E-state index in [2.05, 4.69) is 10.2 Å². The van der Waals surface area contributed by atoms with Crippen molar-refractivity contribution in [2.75, 3.05) is 16.8 Å². The van der Waals surface area contributed by atoms with E-state index >= 15 is 0 Å². The molecule has 0 aromatic heterocycles. The van der Waals surface area contributed by atoms with Crippen molar-refractivity contribution in [1.29, 1.82) is 0 Å². The van der Waals surface area contributed by atoms with Gasteiger partial charge in [0, 0.05) is 22.3 Å². The van der Waals surface area contributed by atoms with Crippen LogP contribution >= 0.6 is 11.6 Å². The highest BCUT2D eigenvalue weighted by molar-refractivity contribution is 6.32. The second-order valence-corrected chi connectivity index (χ2v) is 9.48. The standard InChI is InChI=1S/C24H22ClN3O3/c1-12-8-9-16-14(11-12)24(23(31)26-16)20-19(18-7-4-10-27(18)24)21(29)28(22(20)30)17-6-3-5-15(25)13(17)2/h3,5-6,8-9,11,18-20H,4,7,10H2,1-2H3,(H,26,31)/t18-,19+,20+,24-/m1/s1. The van der Waals surface area contributed by atoms with Gasteiger partial charge in [-0.2, -0.15) is 0 Å². The molecule has 4 aliphatic heterocycles. The largest absolute Gasteiger partial charge is 0.324 e. The van der Waals surface area contributed by atoms with E-state index in [0.717, 1.165) is 29.7 Å². The molecule has 4 atom stereocenters. The summed E-state index contributed by atoms with van der Waals surface area (Å²) in [5.41, 5.74) is 2.64. The Bertz CT molecular complexity index is 1190. The lowest BCUT2D eigenvalue weighted by molar-refractivity contribution is -0.135. The van der Waals surface area contributed by atoms with Crippen molar-refractivity contribution in [1.82, 2.24) is 4.90 Å². The molecule has 0 bridgehead atoms. The Morgan fingerprint density at radius 2 is 1.90 bits per heavy atom. The van der Waals surface area contributed by atoms with Crippen LogP contribution in [0.1, 0.15) is 29.5 Å². The van der Waals surface area contributed by atoms with Gasteiger partial charge in [-0.3, -0.25) is 19.3 Å². The van der Waals surface area contributed by atoms with Gasteiger partial charge in [0.2, 0.25) is 17.7 Å². The van der Waals surface area contributed by atoms with Crippen LogP contribution in [0.2, 0.25) is 5.02 Å². The minimum Gasteiger partial charge on any atom is -0.324 e. The van der Waals surface area contributed by atoms with E-state index in [1.165, 1.54) is 4.90 Å². The Labute approximate surface area is 185 Å². The van der Waals surface area contributed by atoms with Crippen molar-refractivity contribution < 1.29 is 14.4 Å². The zero-order chi connectivity index (χ0) is 21.7. The third kappa shape index (κ3) is 2.14. The number of imide groups is 1. The van der Waals surface area contributed by atoms with E-state index in [-0.39, 0.29) is 23.8 Å². The molecule has 2 aromatic rings. The van der Waals surface area contributed by atoms with Crippen molar-refractivity contribution in [2.24, 2.45) is 11.8 Å². The molecule has 158 valence electrons. The van der Waals surface area contributed by atoms with Gasteiger partial charge in [0.05, 0.1) is 17.5 Å². The Morgan fingerprint density at radius 1 is 1.10 bits per heavy atom. The summed E-state index contributed by atoms with van der Waals surface area (Å²) in [6.07, 6.45) is 1.71. The van der Waals surface area contributed by atoms with Gasteiger partial charge >= 0.3 is 0 Å². The molecule has 0 saturated carbocycles. The maximum Gasteiger partial charge on any atom is 0.250 e. The van der Waals surface area contributed by atoms with Crippen LogP contribution in [0, 0.1) is 25.7 Å². The van der Waals surface area contributed by atoms with Gasteiger partial charge in [-0.15, -0.1) is 0 Å². The molecule has 4 heterocycles. The molecule has 6 nitrogen and oxygen atoms in total. The zero-order valence-corrected chi connectivity index (χ0v) is 18.1. The fraction of sp³-hybridized carbons (Fsp3) is 0.375. The quantitative estimate of drug-likeness (QED) is 0.697. The number of amides is 3. The fourth-order valence-corrected chi connectivity index (χ4v) is 6.56. The number of hydrogen-bond donors (Lipinski definition) is 1. The summed E-state index contributed by atoms with van der Waals surface area (Å²) in [5.74, 6) is -2.00. The first-order valence-electron chi connectivity index (χ1n) is 10.7. The van der Waals surface area contributed by atoms with Crippen LogP contribution in [0.4, 0.5) is 11.4 Å². The lowest BCUT2D eigenvalue weighted by Crippen LogP contribution is -2.54. The Balaban J connectivity index is 1.58. The summed E-state index contributed by atoms with van der Waals surface area (Å²) in [6.45, 7) is 4.49. The maximum atomic E-state index is 13.9. The van der Waals surface area contributed by atoms with Gasteiger partial charge in [-0.25, -0.2) is 4.90 Å². The third-order valence-corrected chi connectivity index (χ3v) is 8.04. The first kappa shape index (κ1) is 19.0. The number of aryl methyl sites for hydroxylation is 1. The number of nitrogens with zero attached hydrogens (tertiary/aromatic N) is 2. The SMILES string of the molecule is Cc1ccc2c(c1)[C@]1(C(=O)N2)[C@@H]2C(=O)N(c3cccc(Cl)c3C)C(=O)[C@H]2[C@H]2CCCN21. The third-order valence-electron chi connectivity index (χ3n) is 7.63. The summed E-state index contributed by atoms with van der Waals surface area (Å²) in [5, 5.41) is 3.52. The zero-order valence-electron chi connectivity index (χ0n) is 17.3. The van der Waals surface area contributed by atoms with Gasteiger partial charge in [0.1, 0.15) is 5.54 Å². The molecule has 3 fully saturated rings. The van der Waals surface area contributed by atoms with Crippen LogP contribution in [-0.2, 0) is 19.9 Å². The molecule has 3 amide bonds. The lowest BCUT2D eigenvalue weighted by Gasteiger charge is -2.37. The maximum absolute atomic E-state index is 13.9. The summed E-state index contributed by atoms with van der Waals surface area (Å²) >= 11 is 6.30. The Kier molecular flexibility index (Phi) is 3.79. The number of benzene rings is 2. The van der Waals surface area contributed by atoms with Crippen molar-refractivity contribution >= 4 is 40.7 Å². The molecule has 6 rings (SSSR count). The van der Waals surface area contributed by atoms with Crippen LogP contribution in [-0.4, -0.2) is 35.2 Å². The van der Waals surface area contributed by atoms with Gasteiger partial charge in [0.15, 0.2) is 0 Å². The summed E-state index contributed by atoms with van der Waals surface area (Å²) in [4.78, 5) is 44.7. The second-order valence-electron chi connectivity index (χ2n) is 9.07. The minimum absolute atomic E-state index is 0.122. The highest BCUT2D eigenvalue weighted by Crippen LogP contribution is 2.60. The van der Waals surface area contributed by atoms with Crippen molar-refractivity contribution in [3.8, 4) is 0 Å². The first-order chi connectivity index (χ1) is 14.9. The summed E-state index contributed by atoms with van der Waals surface area (Å²) < 4.78 is 0. The van der Waals surface area contributed by atoms with E-state index in [0.29, 0.717) is 22.8 Å². The molecule has 0 aliphatic carbocycles. The number of anilines is 2. The van der Waals surface area contributed by atoms with Gasteiger partial charge in [-0.05, 0) is 57.0 Å². The van der Waals surface area contributed by atoms with Crippen LogP contribution in [0.15, 0.2) is 36.4 Å². The number of hydrogen-bond acceptors (Lipinski definition) is 4. The molecule has 0 unspecified atom stereocenters. The highest BCUT2D eigenvalue weighted by Gasteiger charge is 2.74. The molecular formula is C24H22ClN3O3. The van der Waals surface area contributed by atoms with Crippen molar-refractivity contribution in [2.45, 2.75) is 38.3 Å². The van der Waals surface area contributed by atoms with E-state index in [4.69, 9.17) is 11.6 Å². The molecule has 7 heteroatoms. The average Bonchev–Trinajstić information content (AvgIpc) is 3.43. The van der Waals surface area contributed by atoms with Crippen LogP contribution < -0.4 is 10.2 Å². The van der Waals surface area contributed by atoms with E-state index < -0.39 is 17.4 Å². The normalized spacial score (nSPS) is 31.4. The van der Waals surface area contributed by atoms with Gasteiger partial charge < -0.3 is 5.32 Å². The fourth-order valence-electron chi connectivity index (χ4n) is 6.39. The van der Waals surface area contributed by atoms with E-state index in [9.17, 15) is 14.4 Å².